The molecule has 86 valence electrons. The van der Waals surface area contributed by atoms with Gasteiger partial charge < -0.3 is 14.4 Å². The first-order chi connectivity index (χ1) is 7.04. The van der Waals surface area contributed by atoms with Crippen molar-refractivity contribution in [2.45, 2.75) is 33.0 Å². The van der Waals surface area contributed by atoms with Crippen molar-refractivity contribution in [3.05, 3.63) is 0 Å². The van der Waals surface area contributed by atoms with E-state index in [0.717, 1.165) is 0 Å². The number of carbonyl (C=O) groups is 2. The predicted octanol–water partition coefficient (Wildman–Crippen LogP) is 0.185. The summed E-state index contributed by atoms with van der Waals surface area (Å²) in [5, 5.41) is 0. The van der Waals surface area contributed by atoms with Gasteiger partial charge in [-0.2, -0.15) is 0 Å². The Balaban J connectivity index is 2.55. The minimum absolute atomic E-state index is 0.0351. The predicted molar refractivity (Wildman–Crippen MR) is 53.2 cm³/mol. The third kappa shape index (κ3) is 3.20. The van der Waals surface area contributed by atoms with Crippen LogP contribution in [-0.2, 0) is 19.1 Å². The highest BCUT2D eigenvalue weighted by molar-refractivity contribution is 6.32. The molecule has 0 spiro atoms. The lowest BCUT2D eigenvalue weighted by atomic mass is 10.2. The molecule has 0 radical (unpaired) electrons. The number of ether oxygens (including phenoxy) is 2. The normalized spacial score (nSPS) is 26.2. The average Bonchev–Trinajstić information content (AvgIpc) is 2.15. The van der Waals surface area contributed by atoms with Gasteiger partial charge >= 0.3 is 11.9 Å². The Morgan fingerprint density at radius 1 is 1.33 bits per heavy atom. The second-order valence-corrected chi connectivity index (χ2v) is 3.69. The topological polar surface area (TPSA) is 55.8 Å². The van der Waals surface area contributed by atoms with Gasteiger partial charge in [0.1, 0.15) is 0 Å². The quantitative estimate of drug-likeness (QED) is 0.462. The van der Waals surface area contributed by atoms with E-state index in [1.54, 1.807) is 6.92 Å². The van der Waals surface area contributed by atoms with Crippen molar-refractivity contribution in [1.82, 2.24) is 4.90 Å². The van der Waals surface area contributed by atoms with Crippen molar-refractivity contribution >= 4 is 11.9 Å². The molecule has 0 aliphatic carbocycles. The summed E-state index contributed by atoms with van der Waals surface area (Å²) in [4.78, 5) is 24.3. The highest BCUT2D eigenvalue weighted by atomic mass is 16.5. The Hall–Kier alpha value is -1.10. The summed E-state index contributed by atoms with van der Waals surface area (Å²) >= 11 is 0. The molecule has 0 aromatic rings. The minimum Gasteiger partial charge on any atom is -0.459 e. The van der Waals surface area contributed by atoms with Crippen LogP contribution in [0, 0.1) is 0 Å². The van der Waals surface area contributed by atoms with Gasteiger partial charge in [0.2, 0.25) is 0 Å². The van der Waals surface area contributed by atoms with Gasteiger partial charge in [0, 0.05) is 13.1 Å². The number of hydrogen-bond acceptors (Lipinski definition) is 4. The van der Waals surface area contributed by atoms with Crippen LogP contribution in [0.2, 0.25) is 0 Å². The molecule has 0 unspecified atom stereocenters. The first-order valence-electron chi connectivity index (χ1n) is 5.16. The molecule has 1 saturated heterocycles. The highest BCUT2D eigenvalue weighted by Crippen LogP contribution is 2.10. The zero-order valence-corrected chi connectivity index (χ0v) is 9.36. The maximum absolute atomic E-state index is 11.6. The fraction of sp³-hybridized carbons (Fsp3) is 0.800. The number of carbonyl (C=O) groups excluding carboxylic acids is 2. The number of esters is 1. The summed E-state index contributed by atoms with van der Waals surface area (Å²) in [5.74, 6) is -1.35. The molecule has 0 bridgehead atoms. The first kappa shape index (κ1) is 12.0. The smallest absolute Gasteiger partial charge is 0.397 e. The summed E-state index contributed by atoms with van der Waals surface area (Å²) < 4.78 is 10.1. The number of hydrogen-bond donors (Lipinski definition) is 0. The lowest BCUT2D eigenvalue weighted by Gasteiger charge is -2.34. The highest BCUT2D eigenvalue weighted by Gasteiger charge is 2.30. The van der Waals surface area contributed by atoms with Crippen LogP contribution < -0.4 is 0 Å². The number of nitrogens with zero attached hydrogens (tertiary/aromatic N) is 1. The lowest BCUT2D eigenvalue weighted by molar-refractivity contribution is -0.165. The zero-order chi connectivity index (χ0) is 11.4. The lowest BCUT2D eigenvalue weighted by Crippen LogP contribution is -2.50. The first-order valence-corrected chi connectivity index (χ1v) is 5.16. The molecule has 0 N–H and O–H groups in total. The molecule has 5 nitrogen and oxygen atoms in total. The molecular weight excluding hydrogens is 198 g/mol. The van der Waals surface area contributed by atoms with Gasteiger partial charge in [0.25, 0.3) is 0 Å². The summed E-state index contributed by atoms with van der Waals surface area (Å²) in [6.07, 6.45) is -0.0701. The molecule has 1 amide bonds. The van der Waals surface area contributed by atoms with E-state index in [2.05, 4.69) is 4.74 Å². The van der Waals surface area contributed by atoms with Crippen LogP contribution in [0.4, 0.5) is 0 Å². The van der Waals surface area contributed by atoms with E-state index < -0.39 is 11.9 Å². The average molecular weight is 215 g/mol. The molecule has 5 heteroatoms. The van der Waals surface area contributed by atoms with Crippen LogP contribution in [0.15, 0.2) is 0 Å². The Morgan fingerprint density at radius 2 is 1.87 bits per heavy atom. The number of rotatable bonds is 1. The molecule has 0 aromatic heterocycles. The maximum Gasteiger partial charge on any atom is 0.397 e. The van der Waals surface area contributed by atoms with Crippen LogP contribution in [0.5, 0.6) is 0 Å². The van der Waals surface area contributed by atoms with Crippen molar-refractivity contribution in [3.8, 4) is 0 Å². The van der Waals surface area contributed by atoms with Crippen LogP contribution in [0.25, 0.3) is 0 Å². The van der Waals surface area contributed by atoms with Gasteiger partial charge in [-0.05, 0) is 20.8 Å². The van der Waals surface area contributed by atoms with Crippen LogP contribution in [-0.4, -0.2) is 48.7 Å². The second kappa shape index (κ2) is 5.11. The van der Waals surface area contributed by atoms with Gasteiger partial charge in [-0.25, -0.2) is 4.79 Å². The van der Waals surface area contributed by atoms with E-state index in [4.69, 9.17) is 4.74 Å². The molecule has 15 heavy (non-hydrogen) atoms. The SMILES string of the molecule is CCOC(=O)C(=O)N1C[C@H](C)O[C@@H](C)C1. The van der Waals surface area contributed by atoms with E-state index in [1.165, 1.54) is 4.90 Å². The van der Waals surface area contributed by atoms with Crippen molar-refractivity contribution < 1.29 is 19.1 Å². The maximum atomic E-state index is 11.6. The van der Waals surface area contributed by atoms with Crippen molar-refractivity contribution in [2.75, 3.05) is 19.7 Å². The third-order valence-electron chi connectivity index (χ3n) is 2.16. The molecule has 1 aliphatic heterocycles. The number of morpholine rings is 1. The van der Waals surface area contributed by atoms with Gasteiger partial charge in [0.05, 0.1) is 18.8 Å². The monoisotopic (exact) mass is 215 g/mol. The Kier molecular flexibility index (Phi) is 4.08. The van der Waals surface area contributed by atoms with Gasteiger partial charge in [-0.3, -0.25) is 4.79 Å². The van der Waals surface area contributed by atoms with Crippen molar-refractivity contribution in [3.63, 3.8) is 0 Å². The fourth-order valence-electron chi connectivity index (χ4n) is 1.67. The van der Waals surface area contributed by atoms with E-state index >= 15 is 0 Å². The van der Waals surface area contributed by atoms with Crippen molar-refractivity contribution in [2.24, 2.45) is 0 Å². The van der Waals surface area contributed by atoms with Crippen molar-refractivity contribution in [1.29, 1.82) is 0 Å². The Labute approximate surface area is 89.3 Å². The largest absolute Gasteiger partial charge is 0.459 e. The molecule has 0 saturated carbocycles. The summed E-state index contributed by atoms with van der Waals surface area (Å²) in [7, 11) is 0. The van der Waals surface area contributed by atoms with Gasteiger partial charge in [-0.15, -0.1) is 0 Å². The molecule has 0 aromatic carbocycles. The standard InChI is InChI=1S/C10H17NO4/c1-4-14-10(13)9(12)11-5-7(2)15-8(3)6-11/h7-8H,4-6H2,1-3H3/t7-,8-/m0/s1. The van der Waals surface area contributed by atoms with E-state index in [-0.39, 0.29) is 18.8 Å². The summed E-state index contributed by atoms with van der Waals surface area (Å²) in [6, 6.07) is 0. The Morgan fingerprint density at radius 3 is 2.33 bits per heavy atom. The van der Waals surface area contributed by atoms with Crippen LogP contribution in [0.3, 0.4) is 0 Å². The van der Waals surface area contributed by atoms with E-state index in [1.807, 2.05) is 13.8 Å². The van der Waals surface area contributed by atoms with E-state index in [9.17, 15) is 9.59 Å². The molecular formula is C10H17NO4. The summed E-state index contributed by atoms with van der Waals surface area (Å²) in [5.41, 5.74) is 0. The third-order valence-corrected chi connectivity index (χ3v) is 2.16. The fourth-order valence-corrected chi connectivity index (χ4v) is 1.67. The molecule has 1 fully saturated rings. The van der Waals surface area contributed by atoms with Gasteiger partial charge in [-0.1, -0.05) is 0 Å². The zero-order valence-electron chi connectivity index (χ0n) is 9.36. The second-order valence-electron chi connectivity index (χ2n) is 3.69. The summed E-state index contributed by atoms with van der Waals surface area (Å²) in [6.45, 7) is 6.54. The van der Waals surface area contributed by atoms with Crippen LogP contribution in [0.1, 0.15) is 20.8 Å². The molecule has 1 rings (SSSR count). The van der Waals surface area contributed by atoms with Crippen LogP contribution >= 0.6 is 0 Å². The number of amides is 1. The minimum atomic E-state index is -0.779. The van der Waals surface area contributed by atoms with Gasteiger partial charge in [0.15, 0.2) is 0 Å². The molecule has 1 aliphatic rings. The van der Waals surface area contributed by atoms with E-state index in [0.29, 0.717) is 13.1 Å². The molecule has 1 heterocycles. The Bertz CT molecular complexity index is 244. The molecule has 2 atom stereocenters.